The molecule has 3 atom stereocenters. The van der Waals surface area contributed by atoms with E-state index >= 15 is 0 Å². The lowest BCUT2D eigenvalue weighted by molar-refractivity contribution is 0.0920. The Hall–Kier alpha value is -0.330. The zero-order valence-corrected chi connectivity index (χ0v) is 12.3. The van der Waals surface area contributed by atoms with E-state index in [1.165, 1.54) is 37.7 Å². The fraction of sp³-hybridized carbons (Fsp3) is 0.833. The predicted molar refractivity (Wildman–Crippen MR) is 74.5 cm³/mol. The Bertz CT molecular complexity index is 386. The van der Waals surface area contributed by atoms with Gasteiger partial charge in [-0.05, 0) is 37.5 Å². The molecule has 1 aromatic rings. The van der Waals surface area contributed by atoms with E-state index in [2.05, 4.69) is 20.6 Å². The van der Waals surface area contributed by atoms with Crippen molar-refractivity contribution in [1.82, 2.24) is 13.6 Å². The number of hydrogen-bond donors (Lipinski definition) is 0. The first-order valence-electron chi connectivity index (χ1n) is 6.69. The predicted octanol–water partition coefficient (Wildman–Crippen LogP) is 2.51. The summed E-state index contributed by atoms with van der Waals surface area (Å²) in [6.45, 7) is 5.76. The molecular formula is C12H19N3OS2. The van der Waals surface area contributed by atoms with Crippen LogP contribution in [0.25, 0.3) is 0 Å². The average molecular weight is 285 g/mol. The van der Waals surface area contributed by atoms with Gasteiger partial charge >= 0.3 is 0 Å². The van der Waals surface area contributed by atoms with Crippen LogP contribution in [0.15, 0.2) is 5.03 Å². The van der Waals surface area contributed by atoms with E-state index in [-0.39, 0.29) is 0 Å². The van der Waals surface area contributed by atoms with Crippen LogP contribution in [0.4, 0.5) is 0 Å². The van der Waals surface area contributed by atoms with Crippen molar-refractivity contribution < 1.29 is 4.74 Å². The maximum atomic E-state index is 6.08. The fourth-order valence-corrected chi connectivity index (χ4v) is 4.16. The van der Waals surface area contributed by atoms with Crippen LogP contribution in [0.3, 0.4) is 0 Å². The van der Waals surface area contributed by atoms with E-state index in [4.69, 9.17) is 4.74 Å². The molecule has 0 spiro atoms. The van der Waals surface area contributed by atoms with Crippen molar-refractivity contribution in [1.29, 1.82) is 0 Å². The van der Waals surface area contributed by atoms with Crippen molar-refractivity contribution >= 4 is 23.5 Å². The largest absolute Gasteiger partial charge is 0.470 e. The maximum Gasteiger partial charge on any atom is 0.260 e. The van der Waals surface area contributed by atoms with Gasteiger partial charge in [-0.2, -0.15) is 4.37 Å². The summed E-state index contributed by atoms with van der Waals surface area (Å²) in [5.41, 5.74) is 0. The van der Waals surface area contributed by atoms with Crippen LogP contribution in [0, 0.1) is 5.92 Å². The topological polar surface area (TPSA) is 38.3 Å². The first-order valence-corrected chi connectivity index (χ1v) is 8.41. The van der Waals surface area contributed by atoms with Gasteiger partial charge in [-0.15, -0.1) is 4.37 Å². The van der Waals surface area contributed by atoms with Crippen molar-refractivity contribution in [2.75, 3.05) is 25.4 Å². The summed E-state index contributed by atoms with van der Waals surface area (Å²) in [4.78, 5) is 2.51. The van der Waals surface area contributed by atoms with Crippen molar-refractivity contribution in [2.45, 2.75) is 37.3 Å². The molecule has 6 heteroatoms. The van der Waals surface area contributed by atoms with E-state index < -0.39 is 0 Å². The number of thioether (sulfide) groups is 1. The van der Waals surface area contributed by atoms with Gasteiger partial charge in [0.15, 0.2) is 5.03 Å². The van der Waals surface area contributed by atoms with Gasteiger partial charge in [0.05, 0.1) is 11.7 Å². The number of nitrogens with zero attached hydrogens (tertiary/aromatic N) is 3. The van der Waals surface area contributed by atoms with Gasteiger partial charge in [0.1, 0.15) is 6.10 Å². The molecule has 100 valence electrons. The normalized spacial score (nSPS) is 30.6. The SMILES string of the molecule is CCCSc1nsnc1O[C@@H]1C[C@H]2CCN(C2)C1. The van der Waals surface area contributed by atoms with E-state index in [1.807, 2.05) is 0 Å². The molecule has 2 fully saturated rings. The summed E-state index contributed by atoms with van der Waals surface area (Å²) in [7, 11) is 0. The van der Waals surface area contributed by atoms with Gasteiger partial charge in [-0.25, -0.2) is 0 Å². The number of rotatable bonds is 5. The Kier molecular flexibility index (Phi) is 4.06. The van der Waals surface area contributed by atoms with Crippen LogP contribution >= 0.6 is 23.5 Å². The molecule has 1 unspecified atom stereocenters. The van der Waals surface area contributed by atoms with Gasteiger partial charge in [-0.1, -0.05) is 18.7 Å². The highest BCUT2D eigenvalue weighted by molar-refractivity contribution is 7.99. The lowest BCUT2D eigenvalue weighted by atomic mass is 9.99. The summed E-state index contributed by atoms with van der Waals surface area (Å²) in [6, 6.07) is 0. The molecule has 2 saturated heterocycles. The molecule has 0 saturated carbocycles. The van der Waals surface area contributed by atoms with Crippen LogP contribution in [0.5, 0.6) is 5.88 Å². The number of piperidine rings is 1. The smallest absolute Gasteiger partial charge is 0.260 e. The quantitative estimate of drug-likeness (QED) is 0.777. The minimum atomic E-state index is 0.316. The molecule has 0 aliphatic carbocycles. The number of fused-ring (bicyclic) bond motifs is 2. The van der Waals surface area contributed by atoms with E-state index in [0.717, 1.165) is 35.5 Å². The summed E-state index contributed by atoms with van der Waals surface area (Å²) < 4.78 is 14.7. The Labute approximate surface area is 116 Å². The van der Waals surface area contributed by atoms with Crippen LogP contribution < -0.4 is 4.74 Å². The third kappa shape index (κ3) is 2.81. The Morgan fingerprint density at radius 2 is 2.39 bits per heavy atom. The minimum Gasteiger partial charge on any atom is -0.470 e. The third-order valence-corrected chi connectivity index (χ3v) is 5.36. The van der Waals surface area contributed by atoms with Gasteiger partial charge < -0.3 is 4.74 Å². The zero-order chi connectivity index (χ0) is 12.4. The van der Waals surface area contributed by atoms with Gasteiger partial charge in [0, 0.05) is 13.1 Å². The lowest BCUT2D eigenvalue weighted by Gasteiger charge is -2.29. The van der Waals surface area contributed by atoms with Gasteiger partial charge in [0.2, 0.25) is 0 Å². The second-order valence-electron chi connectivity index (χ2n) is 5.11. The summed E-state index contributed by atoms with van der Waals surface area (Å²) in [5, 5.41) is 0.981. The van der Waals surface area contributed by atoms with Crippen molar-refractivity contribution in [2.24, 2.45) is 5.92 Å². The first-order chi connectivity index (χ1) is 8.85. The first kappa shape index (κ1) is 12.7. The highest BCUT2D eigenvalue weighted by Gasteiger charge is 2.34. The monoisotopic (exact) mass is 285 g/mol. The number of ether oxygens (including phenoxy) is 1. The van der Waals surface area contributed by atoms with E-state index in [9.17, 15) is 0 Å². The Balaban J connectivity index is 1.60. The van der Waals surface area contributed by atoms with Gasteiger partial charge in [0.25, 0.3) is 5.88 Å². The van der Waals surface area contributed by atoms with Crippen molar-refractivity contribution in [3.63, 3.8) is 0 Å². The molecule has 0 aromatic carbocycles. The van der Waals surface area contributed by atoms with Crippen LogP contribution in [0.1, 0.15) is 26.2 Å². The van der Waals surface area contributed by atoms with Crippen LogP contribution in [0.2, 0.25) is 0 Å². The molecule has 2 aliphatic rings. The Morgan fingerprint density at radius 3 is 3.22 bits per heavy atom. The van der Waals surface area contributed by atoms with Gasteiger partial charge in [-0.3, -0.25) is 4.90 Å². The molecule has 3 rings (SSSR count). The van der Waals surface area contributed by atoms with Crippen LogP contribution in [-0.2, 0) is 0 Å². The molecule has 1 aromatic heterocycles. The maximum absolute atomic E-state index is 6.08. The average Bonchev–Trinajstić information content (AvgIpc) is 2.94. The highest BCUT2D eigenvalue weighted by Crippen LogP contribution is 2.32. The van der Waals surface area contributed by atoms with E-state index in [1.54, 1.807) is 11.8 Å². The third-order valence-electron chi connectivity index (χ3n) is 3.58. The van der Waals surface area contributed by atoms with Crippen molar-refractivity contribution in [3.05, 3.63) is 0 Å². The molecule has 4 nitrogen and oxygen atoms in total. The zero-order valence-electron chi connectivity index (χ0n) is 10.7. The summed E-state index contributed by atoms with van der Waals surface area (Å²) in [5.74, 6) is 2.69. The molecule has 0 amide bonds. The lowest BCUT2D eigenvalue weighted by Crippen LogP contribution is -2.39. The summed E-state index contributed by atoms with van der Waals surface area (Å²) in [6.07, 6.45) is 4.00. The second kappa shape index (κ2) is 5.75. The molecule has 0 radical (unpaired) electrons. The molecule has 18 heavy (non-hydrogen) atoms. The standard InChI is InChI=1S/C12H19N3OS2/c1-2-5-17-12-11(13-18-14-12)16-10-6-9-3-4-15(7-9)8-10/h9-10H,2-8H2,1H3/t9-,10-/m1/s1. The Morgan fingerprint density at radius 1 is 1.44 bits per heavy atom. The molecule has 2 aliphatic heterocycles. The van der Waals surface area contributed by atoms with Crippen molar-refractivity contribution in [3.8, 4) is 5.88 Å². The second-order valence-corrected chi connectivity index (χ2v) is 6.72. The molecule has 3 heterocycles. The number of aromatic nitrogens is 2. The number of hydrogen-bond acceptors (Lipinski definition) is 6. The summed E-state index contributed by atoms with van der Waals surface area (Å²) >= 11 is 3.02. The van der Waals surface area contributed by atoms with Crippen LogP contribution in [-0.4, -0.2) is 45.1 Å². The molecule has 0 N–H and O–H groups in total. The van der Waals surface area contributed by atoms with E-state index in [0.29, 0.717) is 6.10 Å². The highest BCUT2D eigenvalue weighted by atomic mass is 32.2. The minimum absolute atomic E-state index is 0.316. The fourth-order valence-electron chi connectivity index (χ4n) is 2.78. The molecule has 2 bridgehead atoms. The molecular weight excluding hydrogens is 266 g/mol.